The van der Waals surface area contributed by atoms with Gasteiger partial charge in [0.2, 0.25) is 0 Å². The van der Waals surface area contributed by atoms with Gasteiger partial charge < -0.3 is 10.1 Å². The number of benzene rings is 1. The Morgan fingerprint density at radius 2 is 1.64 bits per heavy atom. The van der Waals surface area contributed by atoms with Gasteiger partial charge in [-0.2, -0.15) is 23.1 Å². The highest BCUT2D eigenvalue weighted by Gasteiger charge is 2.32. The van der Waals surface area contributed by atoms with Crippen LogP contribution in [0.5, 0.6) is 11.8 Å². The van der Waals surface area contributed by atoms with Crippen LogP contribution in [0.2, 0.25) is 0 Å². The molecule has 2 aromatic heterocycles. The number of hydrogen-bond donors (Lipinski definition) is 1. The molecule has 0 saturated heterocycles. The maximum Gasteiger partial charge on any atom is 0.433 e. The van der Waals surface area contributed by atoms with Crippen molar-refractivity contribution in [1.29, 1.82) is 0 Å². The van der Waals surface area contributed by atoms with Crippen molar-refractivity contribution in [2.45, 2.75) is 20.0 Å². The molecule has 0 bridgehead atoms. The highest BCUT2D eigenvalue weighted by atomic mass is 19.4. The smallest absolute Gasteiger partial charge is 0.424 e. The second kappa shape index (κ2) is 7.63. The molecule has 1 N–H and O–H groups in total. The van der Waals surface area contributed by atoms with Gasteiger partial charge in [0.1, 0.15) is 11.4 Å². The maximum absolute atomic E-state index is 12.6. The first-order valence-corrected chi connectivity index (χ1v) is 8.17. The second-order valence-electron chi connectivity index (χ2n) is 5.85. The number of alkyl halides is 3. The first-order valence-electron chi connectivity index (χ1n) is 8.17. The summed E-state index contributed by atoms with van der Waals surface area (Å²) in [7, 11) is 0. The van der Waals surface area contributed by atoms with E-state index < -0.39 is 17.8 Å². The molecule has 6 nitrogen and oxygen atoms in total. The lowest BCUT2D eigenvalue weighted by Gasteiger charge is -2.12. The van der Waals surface area contributed by atoms with Gasteiger partial charge in [0.25, 0.3) is 5.91 Å². The van der Waals surface area contributed by atoms with Crippen molar-refractivity contribution < 1.29 is 22.7 Å². The molecule has 28 heavy (non-hydrogen) atoms. The standard InChI is InChI=1S/C19H15F3N4O2/c1-11-16(12(2)25-18(24-11)28-14-6-4-3-5-7-14)26-17(27)13-8-9-15(23-10-13)19(20,21)22/h3-10H,1-2H3,(H,26,27). The number of pyridine rings is 1. The molecular formula is C19H15F3N4O2. The Hall–Kier alpha value is -3.49. The number of ether oxygens (including phenoxy) is 1. The lowest BCUT2D eigenvalue weighted by molar-refractivity contribution is -0.141. The number of para-hydroxylation sites is 1. The summed E-state index contributed by atoms with van der Waals surface area (Å²) in [6.45, 7) is 3.32. The van der Waals surface area contributed by atoms with Crippen LogP contribution in [0.1, 0.15) is 27.4 Å². The third-order valence-electron chi connectivity index (χ3n) is 3.76. The molecule has 1 amide bonds. The Labute approximate surface area is 158 Å². The fourth-order valence-electron chi connectivity index (χ4n) is 2.39. The van der Waals surface area contributed by atoms with Crippen LogP contribution in [0.25, 0.3) is 0 Å². The van der Waals surface area contributed by atoms with Gasteiger partial charge in [-0.1, -0.05) is 18.2 Å². The molecule has 2 heterocycles. The normalized spacial score (nSPS) is 11.2. The molecule has 0 saturated carbocycles. The lowest BCUT2D eigenvalue weighted by Crippen LogP contribution is -2.16. The van der Waals surface area contributed by atoms with E-state index in [-0.39, 0.29) is 11.6 Å². The number of aromatic nitrogens is 3. The number of nitrogens with zero attached hydrogens (tertiary/aromatic N) is 3. The topological polar surface area (TPSA) is 77.0 Å². The number of carbonyl (C=O) groups excluding carboxylic acids is 1. The van der Waals surface area contributed by atoms with E-state index in [1.54, 1.807) is 26.0 Å². The van der Waals surface area contributed by atoms with Crippen LogP contribution in [-0.2, 0) is 6.18 Å². The fraction of sp³-hybridized carbons (Fsp3) is 0.158. The molecule has 9 heteroatoms. The van der Waals surface area contributed by atoms with Gasteiger partial charge in [-0.3, -0.25) is 9.78 Å². The minimum absolute atomic E-state index is 0.0172. The molecule has 3 aromatic rings. The van der Waals surface area contributed by atoms with Crippen LogP contribution in [0.4, 0.5) is 18.9 Å². The van der Waals surface area contributed by atoms with E-state index in [9.17, 15) is 18.0 Å². The molecule has 0 aliphatic heterocycles. The monoisotopic (exact) mass is 388 g/mol. The van der Waals surface area contributed by atoms with Crippen LogP contribution in [0.3, 0.4) is 0 Å². The predicted octanol–water partition coefficient (Wildman–Crippen LogP) is 4.55. The van der Waals surface area contributed by atoms with E-state index in [0.717, 1.165) is 18.3 Å². The van der Waals surface area contributed by atoms with Crippen LogP contribution in [-0.4, -0.2) is 20.9 Å². The molecule has 0 radical (unpaired) electrons. The molecule has 3 rings (SSSR count). The van der Waals surface area contributed by atoms with Gasteiger partial charge in [-0.15, -0.1) is 0 Å². The summed E-state index contributed by atoms with van der Waals surface area (Å²) in [4.78, 5) is 24.0. The minimum atomic E-state index is -4.56. The molecule has 0 aliphatic rings. The maximum atomic E-state index is 12.6. The Morgan fingerprint density at radius 1 is 1.00 bits per heavy atom. The summed E-state index contributed by atoms with van der Waals surface area (Å²) in [6, 6.07) is 10.9. The first kappa shape index (κ1) is 19.3. The third kappa shape index (κ3) is 4.43. The molecule has 0 spiro atoms. The highest BCUT2D eigenvalue weighted by Crippen LogP contribution is 2.27. The summed E-state index contributed by atoms with van der Waals surface area (Å²) >= 11 is 0. The summed E-state index contributed by atoms with van der Waals surface area (Å²) in [5, 5.41) is 2.60. The van der Waals surface area contributed by atoms with Crippen molar-refractivity contribution >= 4 is 11.6 Å². The van der Waals surface area contributed by atoms with Gasteiger partial charge in [0, 0.05) is 6.20 Å². The number of carbonyl (C=O) groups is 1. The SMILES string of the molecule is Cc1nc(Oc2ccccc2)nc(C)c1NC(=O)c1ccc(C(F)(F)F)nc1. The van der Waals surface area contributed by atoms with Crippen molar-refractivity contribution in [3.8, 4) is 11.8 Å². The van der Waals surface area contributed by atoms with E-state index in [1.165, 1.54) is 0 Å². The van der Waals surface area contributed by atoms with Gasteiger partial charge >= 0.3 is 12.2 Å². The summed E-state index contributed by atoms with van der Waals surface area (Å²) < 4.78 is 43.3. The average molecular weight is 388 g/mol. The molecule has 144 valence electrons. The number of amides is 1. The zero-order valence-electron chi connectivity index (χ0n) is 14.9. The first-order chi connectivity index (χ1) is 13.2. The van der Waals surface area contributed by atoms with E-state index in [1.807, 2.05) is 18.2 Å². The van der Waals surface area contributed by atoms with Crippen LogP contribution in [0.15, 0.2) is 48.7 Å². The number of rotatable bonds is 4. The number of nitrogens with one attached hydrogen (secondary N) is 1. The van der Waals surface area contributed by atoms with Crippen molar-refractivity contribution in [2.24, 2.45) is 0 Å². The molecular weight excluding hydrogens is 373 g/mol. The quantitative estimate of drug-likeness (QED) is 0.709. The molecule has 0 aliphatic carbocycles. The summed E-state index contributed by atoms with van der Waals surface area (Å²) in [5.74, 6) is -0.0540. The van der Waals surface area contributed by atoms with Crippen LogP contribution in [0, 0.1) is 13.8 Å². The Bertz CT molecular complexity index is 967. The second-order valence-corrected chi connectivity index (χ2v) is 5.85. The lowest BCUT2D eigenvalue weighted by atomic mass is 10.2. The Kier molecular flexibility index (Phi) is 5.25. The zero-order valence-corrected chi connectivity index (χ0v) is 14.9. The van der Waals surface area contributed by atoms with Crippen molar-refractivity contribution in [3.63, 3.8) is 0 Å². The van der Waals surface area contributed by atoms with Gasteiger partial charge in [0.05, 0.1) is 22.6 Å². The Balaban J connectivity index is 1.77. The fourth-order valence-corrected chi connectivity index (χ4v) is 2.39. The van der Waals surface area contributed by atoms with Crippen molar-refractivity contribution in [2.75, 3.05) is 5.32 Å². The van der Waals surface area contributed by atoms with E-state index in [4.69, 9.17) is 4.74 Å². The molecule has 0 fully saturated rings. The number of aryl methyl sites for hydroxylation is 2. The highest BCUT2D eigenvalue weighted by molar-refractivity contribution is 6.04. The number of halogens is 3. The van der Waals surface area contributed by atoms with Gasteiger partial charge in [-0.05, 0) is 38.1 Å². The number of anilines is 1. The van der Waals surface area contributed by atoms with Crippen LogP contribution >= 0.6 is 0 Å². The van der Waals surface area contributed by atoms with Crippen LogP contribution < -0.4 is 10.1 Å². The average Bonchev–Trinajstić information content (AvgIpc) is 2.65. The van der Waals surface area contributed by atoms with Crippen molar-refractivity contribution in [1.82, 2.24) is 15.0 Å². The molecule has 1 aromatic carbocycles. The van der Waals surface area contributed by atoms with Gasteiger partial charge in [0.15, 0.2) is 0 Å². The Morgan fingerprint density at radius 3 is 2.18 bits per heavy atom. The summed E-state index contributed by atoms with van der Waals surface area (Å²) in [6.07, 6.45) is -3.69. The third-order valence-corrected chi connectivity index (χ3v) is 3.76. The molecule has 0 atom stereocenters. The molecule has 0 unspecified atom stereocenters. The van der Waals surface area contributed by atoms with E-state index in [2.05, 4.69) is 20.3 Å². The minimum Gasteiger partial charge on any atom is -0.424 e. The van der Waals surface area contributed by atoms with E-state index >= 15 is 0 Å². The zero-order chi connectivity index (χ0) is 20.3. The summed E-state index contributed by atoms with van der Waals surface area (Å²) in [5.41, 5.74) is 0.169. The van der Waals surface area contributed by atoms with Crippen molar-refractivity contribution in [3.05, 3.63) is 71.3 Å². The van der Waals surface area contributed by atoms with Gasteiger partial charge in [-0.25, -0.2) is 0 Å². The largest absolute Gasteiger partial charge is 0.433 e. The predicted molar refractivity (Wildman–Crippen MR) is 95.2 cm³/mol. The van der Waals surface area contributed by atoms with E-state index in [0.29, 0.717) is 22.8 Å². The number of hydrogen-bond acceptors (Lipinski definition) is 5.